The van der Waals surface area contributed by atoms with Crippen molar-refractivity contribution in [2.45, 2.75) is 6.54 Å². The second-order valence-electron chi connectivity index (χ2n) is 3.06. The summed E-state index contributed by atoms with van der Waals surface area (Å²) in [5, 5.41) is 2.37. The Balaban J connectivity index is 3.10. The van der Waals surface area contributed by atoms with Crippen LogP contribution in [-0.4, -0.2) is 19.1 Å². The minimum atomic E-state index is -0.698. The molecule has 0 saturated carbocycles. The van der Waals surface area contributed by atoms with Crippen molar-refractivity contribution in [2.75, 3.05) is 12.4 Å². The van der Waals surface area contributed by atoms with E-state index < -0.39 is 12.0 Å². The molecule has 0 unspecified atom stereocenters. The number of methoxy groups -OCH3 is 1. The minimum Gasteiger partial charge on any atom is -0.465 e. The van der Waals surface area contributed by atoms with Crippen LogP contribution >= 0.6 is 0 Å². The van der Waals surface area contributed by atoms with Crippen LogP contribution in [0.1, 0.15) is 15.9 Å². The van der Waals surface area contributed by atoms with Crippen LogP contribution in [0.25, 0.3) is 0 Å². The normalized spacial score (nSPS) is 9.62. The zero-order valence-electron chi connectivity index (χ0n) is 8.82. The molecule has 6 heteroatoms. The van der Waals surface area contributed by atoms with E-state index in [-0.39, 0.29) is 6.54 Å². The van der Waals surface area contributed by atoms with Gasteiger partial charge in [-0.25, -0.2) is 9.59 Å². The average Bonchev–Trinajstić information content (AvgIpc) is 2.27. The zero-order valence-corrected chi connectivity index (χ0v) is 8.82. The van der Waals surface area contributed by atoms with Gasteiger partial charge in [0.05, 0.1) is 12.7 Å². The van der Waals surface area contributed by atoms with E-state index in [4.69, 9.17) is 11.5 Å². The molecule has 0 heterocycles. The maximum absolute atomic E-state index is 11.4. The number of benzene rings is 1. The largest absolute Gasteiger partial charge is 0.465 e. The molecule has 1 aromatic carbocycles. The molecule has 5 N–H and O–H groups in total. The van der Waals surface area contributed by atoms with E-state index in [0.717, 1.165) is 0 Å². The Hall–Kier alpha value is -2.08. The van der Waals surface area contributed by atoms with Gasteiger partial charge in [-0.15, -0.1) is 0 Å². The molecule has 2 amide bonds. The number of hydrogen-bond donors (Lipinski definition) is 3. The highest BCUT2D eigenvalue weighted by molar-refractivity contribution is 5.94. The first-order valence-electron chi connectivity index (χ1n) is 4.56. The molecule has 0 radical (unpaired) electrons. The molecule has 86 valence electrons. The van der Waals surface area contributed by atoms with Gasteiger partial charge in [-0.2, -0.15) is 0 Å². The van der Waals surface area contributed by atoms with E-state index in [1.165, 1.54) is 13.2 Å². The molecule has 16 heavy (non-hydrogen) atoms. The van der Waals surface area contributed by atoms with Crippen molar-refractivity contribution in [1.29, 1.82) is 0 Å². The summed E-state index contributed by atoms with van der Waals surface area (Å²) in [6.45, 7) is 0.210. The van der Waals surface area contributed by atoms with Gasteiger partial charge in [0.2, 0.25) is 0 Å². The minimum absolute atomic E-state index is 0.210. The first kappa shape index (κ1) is 12.0. The van der Waals surface area contributed by atoms with Crippen molar-refractivity contribution in [3.8, 4) is 0 Å². The molecular weight excluding hydrogens is 210 g/mol. The summed E-state index contributed by atoms with van der Waals surface area (Å²) < 4.78 is 4.60. The first-order valence-corrected chi connectivity index (χ1v) is 4.56. The number of rotatable bonds is 3. The maximum Gasteiger partial charge on any atom is 0.338 e. The zero-order chi connectivity index (χ0) is 12.1. The third-order valence-electron chi connectivity index (χ3n) is 2.00. The fourth-order valence-corrected chi connectivity index (χ4v) is 1.27. The molecular formula is C10H13N3O3. The molecule has 0 aromatic heterocycles. The highest BCUT2D eigenvalue weighted by atomic mass is 16.5. The number of esters is 1. The van der Waals surface area contributed by atoms with E-state index in [1.54, 1.807) is 12.1 Å². The fourth-order valence-electron chi connectivity index (χ4n) is 1.27. The number of nitrogens with one attached hydrogen (secondary N) is 1. The summed E-state index contributed by atoms with van der Waals surface area (Å²) in [4.78, 5) is 22.1. The quantitative estimate of drug-likeness (QED) is 0.645. The van der Waals surface area contributed by atoms with Crippen LogP contribution in [-0.2, 0) is 11.3 Å². The van der Waals surface area contributed by atoms with Crippen molar-refractivity contribution in [1.82, 2.24) is 0 Å². The average molecular weight is 223 g/mol. The molecule has 1 aromatic rings. The standard InChI is InChI=1S/C10H13N3O3/c1-16-9(14)8-4-7(13-10(12)15)3-2-6(8)5-11/h2-4H,5,11H2,1H3,(H3,12,13,15). The second kappa shape index (κ2) is 5.13. The van der Waals surface area contributed by atoms with Crippen LogP contribution in [0, 0.1) is 0 Å². The molecule has 0 aliphatic carbocycles. The number of primary amides is 1. The lowest BCUT2D eigenvalue weighted by atomic mass is 10.1. The van der Waals surface area contributed by atoms with E-state index in [0.29, 0.717) is 16.8 Å². The highest BCUT2D eigenvalue weighted by Gasteiger charge is 2.12. The Labute approximate surface area is 92.6 Å². The molecule has 0 atom stereocenters. The molecule has 0 bridgehead atoms. The van der Waals surface area contributed by atoms with Crippen molar-refractivity contribution >= 4 is 17.7 Å². The lowest BCUT2D eigenvalue weighted by molar-refractivity contribution is 0.0599. The van der Waals surface area contributed by atoms with Crippen molar-refractivity contribution in [2.24, 2.45) is 11.5 Å². The molecule has 0 fully saturated rings. The Morgan fingerprint density at radius 3 is 2.62 bits per heavy atom. The number of anilines is 1. The van der Waals surface area contributed by atoms with E-state index in [1.807, 2.05) is 0 Å². The SMILES string of the molecule is COC(=O)c1cc(NC(N)=O)ccc1CN. The molecule has 0 spiro atoms. The van der Waals surface area contributed by atoms with E-state index >= 15 is 0 Å². The molecule has 0 aliphatic rings. The van der Waals surface area contributed by atoms with Gasteiger partial charge in [-0.3, -0.25) is 0 Å². The summed E-state index contributed by atoms with van der Waals surface area (Å²) in [7, 11) is 1.27. The van der Waals surface area contributed by atoms with Gasteiger partial charge in [-0.1, -0.05) is 6.07 Å². The Morgan fingerprint density at radius 2 is 2.12 bits per heavy atom. The van der Waals surface area contributed by atoms with Gasteiger partial charge >= 0.3 is 12.0 Å². The molecule has 1 rings (SSSR count). The topological polar surface area (TPSA) is 107 Å². The Morgan fingerprint density at radius 1 is 1.44 bits per heavy atom. The number of hydrogen-bond acceptors (Lipinski definition) is 4. The van der Waals surface area contributed by atoms with Crippen LogP contribution in [0.3, 0.4) is 0 Å². The number of carbonyl (C=O) groups is 2. The van der Waals surface area contributed by atoms with Gasteiger partial charge in [-0.05, 0) is 17.7 Å². The third kappa shape index (κ3) is 2.71. The first-order chi connectivity index (χ1) is 7.58. The number of urea groups is 1. The number of amides is 2. The molecule has 0 aliphatic heterocycles. The lowest BCUT2D eigenvalue weighted by Gasteiger charge is -2.08. The summed E-state index contributed by atoms with van der Waals surface area (Å²) >= 11 is 0. The fraction of sp³-hybridized carbons (Fsp3) is 0.200. The van der Waals surface area contributed by atoms with Crippen molar-refractivity contribution in [3.05, 3.63) is 29.3 Å². The van der Waals surface area contributed by atoms with Gasteiger partial charge < -0.3 is 21.5 Å². The summed E-state index contributed by atoms with van der Waals surface area (Å²) in [5.41, 5.74) is 11.8. The van der Waals surface area contributed by atoms with E-state index in [9.17, 15) is 9.59 Å². The van der Waals surface area contributed by atoms with E-state index in [2.05, 4.69) is 10.1 Å². The van der Waals surface area contributed by atoms with Crippen LogP contribution < -0.4 is 16.8 Å². The van der Waals surface area contributed by atoms with Crippen LogP contribution in [0.5, 0.6) is 0 Å². The van der Waals surface area contributed by atoms with Crippen LogP contribution in [0.2, 0.25) is 0 Å². The number of nitrogens with two attached hydrogens (primary N) is 2. The Bertz CT molecular complexity index is 418. The Kier molecular flexibility index (Phi) is 3.84. The second-order valence-corrected chi connectivity index (χ2v) is 3.06. The van der Waals surface area contributed by atoms with Gasteiger partial charge in [0.1, 0.15) is 0 Å². The van der Waals surface area contributed by atoms with Gasteiger partial charge in [0, 0.05) is 12.2 Å². The smallest absolute Gasteiger partial charge is 0.338 e. The summed E-state index contributed by atoms with van der Waals surface area (Å²) in [5.74, 6) is -0.506. The van der Waals surface area contributed by atoms with Crippen molar-refractivity contribution in [3.63, 3.8) is 0 Å². The molecule has 6 nitrogen and oxygen atoms in total. The molecule has 0 saturated heterocycles. The monoisotopic (exact) mass is 223 g/mol. The predicted molar refractivity (Wildman–Crippen MR) is 58.9 cm³/mol. The van der Waals surface area contributed by atoms with Crippen LogP contribution in [0.4, 0.5) is 10.5 Å². The number of ether oxygens (including phenoxy) is 1. The third-order valence-corrected chi connectivity index (χ3v) is 2.00. The maximum atomic E-state index is 11.4. The van der Waals surface area contributed by atoms with Crippen LogP contribution in [0.15, 0.2) is 18.2 Å². The van der Waals surface area contributed by atoms with Gasteiger partial charge in [0.25, 0.3) is 0 Å². The summed E-state index contributed by atoms with van der Waals surface area (Å²) in [6, 6.07) is 4.02. The van der Waals surface area contributed by atoms with Gasteiger partial charge in [0.15, 0.2) is 0 Å². The lowest BCUT2D eigenvalue weighted by Crippen LogP contribution is -2.20. The van der Waals surface area contributed by atoms with Crippen molar-refractivity contribution < 1.29 is 14.3 Å². The highest BCUT2D eigenvalue weighted by Crippen LogP contribution is 2.16. The number of carbonyl (C=O) groups excluding carboxylic acids is 2. The summed E-state index contributed by atoms with van der Waals surface area (Å²) in [6.07, 6.45) is 0. The predicted octanol–water partition coefficient (Wildman–Crippen LogP) is 0.423.